The van der Waals surface area contributed by atoms with Crippen LogP contribution >= 0.6 is 11.6 Å². The Morgan fingerprint density at radius 1 is 1.25 bits per heavy atom. The number of carbonyl (C=O) groups is 1. The molecule has 5 atom stereocenters. The van der Waals surface area contributed by atoms with Crippen LogP contribution in [0.2, 0.25) is 5.02 Å². The summed E-state index contributed by atoms with van der Waals surface area (Å²) in [4.78, 5) is 12.4. The third-order valence-corrected chi connectivity index (χ3v) is 6.23. The van der Waals surface area contributed by atoms with Crippen LogP contribution in [-0.4, -0.2) is 32.7 Å². The van der Waals surface area contributed by atoms with Gasteiger partial charge in [-0.2, -0.15) is 0 Å². The number of carbonyl (C=O) groups excluding carboxylic acids is 1. The van der Waals surface area contributed by atoms with Gasteiger partial charge in [-0.3, -0.25) is 4.79 Å². The Morgan fingerprint density at radius 3 is 2.33 bits per heavy atom. The summed E-state index contributed by atoms with van der Waals surface area (Å²) in [5.74, 6) is 1.41. The Kier molecular flexibility index (Phi) is 4.91. The first-order valence-electron chi connectivity index (χ1n) is 8.32. The molecule has 7 heteroatoms. The van der Waals surface area contributed by atoms with Crippen molar-refractivity contribution in [2.75, 3.05) is 6.26 Å². The molecule has 0 radical (unpaired) electrons. The summed E-state index contributed by atoms with van der Waals surface area (Å²) in [5.41, 5.74) is 0.611. The lowest BCUT2D eigenvalue weighted by atomic mass is 9.99. The van der Waals surface area contributed by atoms with E-state index in [4.69, 9.17) is 11.6 Å². The summed E-state index contributed by atoms with van der Waals surface area (Å²) in [5, 5.41) is 3.75. The topological polar surface area (TPSA) is 75.3 Å². The van der Waals surface area contributed by atoms with E-state index < -0.39 is 10.0 Å². The largest absolute Gasteiger partial charge is 0.349 e. The molecule has 1 aromatic rings. The van der Waals surface area contributed by atoms with Crippen molar-refractivity contribution < 1.29 is 13.2 Å². The number of halogens is 1. The predicted octanol–water partition coefficient (Wildman–Crippen LogP) is 2.42. The average Bonchev–Trinajstić information content (AvgIpc) is 2.98. The maximum Gasteiger partial charge on any atom is 0.251 e. The van der Waals surface area contributed by atoms with E-state index in [2.05, 4.69) is 17.0 Å². The quantitative estimate of drug-likeness (QED) is 0.807. The zero-order chi connectivity index (χ0) is 17.5. The van der Waals surface area contributed by atoms with Gasteiger partial charge < -0.3 is 5.32 Å². The monoisotopic (exact) mass is 370 g/mol. The molecular weight excluding hydrogens is 348 g/mol. The van der Waals surface area contributed by atoms with Crippen molar-refractivity contribution in [1.29, 1.82) is 0 Å². The first kappa shape index (κ1) is 17.7. The summed E-state index contributed by atoms with van der Waals surface area (Å²) in [6, 6.07) is 7.07. The molecular formula is C17H23ClN2O3S. The summed E-state index contributed by atoms with van der Waals surface area (Å²) in [6.07, 6.45) is 3.82. The molecule has 1 unspecified atom stereocenters. The highest BCUT2D eigenvalue weighted by Crippen LogP contribution is 2.59. The lowest BCUT2D eigenvalue weighted by Gasteiger charge is -2.21. The SMILES string of the molecule is CCC(NC(=O)c1ccc(Cl)cc1)[C@H]1[C@@H]2C[C@@H](NS(C)(=O)=O)C[C@@H]21. The zero-order valence-corrected chi connectivity index (χ0v) is 15.4. The minimum Gasteiger partial charge on any atom is -0.349 e. The number of hydrogen-bond acceptors (Lipinski definition) is 3. The van der Waals surface area contributed by atoms with Gasteiger partial charge in [-0.1, -0.05) is 18.5 Å². The smallest absolute Gasteiger partial charge is 0.251 e. The first-order valence-corrected chi connectivity index (χ1v) is 10.6. The third kappa shape index (κ3) is 3.92. The van der Waals surface area contributed by atoms with E-state index in [0.29, 0.717) is 28.3 Å². The first-order chi connectivity index (χ1) is 11.3. The van der Waals surface area contributed by atoms with Gasteiger partial charge in [0.05, 0.1) is 6.26 Å². The highest BCUT2D eigenvalue weighted by atomic mass is 35.5. The summed E-state index contributed by atoms with van der Waals surface area (Å²) in [7, 11) is -3.14. The molecule has 1 amide bonds. The van der Waals surface area contributed by atoms with Crippen molar-refractivity contribution in [3.8, 4) is 0 Å². The number of hydrogen-bond donors (Lipinski definition) is 2. The minimum atomic E-state index is -3.14. The van der Waals surface area contributed by atoms with Gasteiger partial charge in [0.15, 0.2) is 0 Å². The fraction of sp³-hybridized carbons (Fsp3) is 0.588. The Labute approximate surface area is 148 Å². The number of nitrogens with one attached hydrogen (secondary N) is 2. The molecule has 24 heavy (non-hydrogen) atoms. The van der Waals surface area contributed by atoms with Crippen LogP contribution in [0.4, 0.5) is 0 Å². The van der Waals surface area contributed by atoms with Gasteiger partial charge >= 0.3 is 0 Å². The third-order valence-electron chi connectivity index (χ3n) is 5.22. The fourth-order valence-electron chi connectivity index (χ4n) is 4.21. The number of benzene rings is 1. The number of fused-ring (bicyclic) bond motifs is 1. The molecule has 3 rings (SSSR count). The van der Waals surface area contributed by atoms with E-state index in [1.807, 2.05) is 0 Å². The van der Waals surface area contributed by atoms with Crippen LogP contribution in [0.1, 0.15) is 36.5 Å². The molecule has 2 aliphatic carbocycles. The molecule has 2 fully saturated rings. The van der Waals surface area contributed by atoms with E-state index in [-0.39, 0.29) is 18.0 Å². The molecule has 2 saturated carbocycles. The van der Waals surface area contributed by atoms with Crippen molar-refractivity contribution in [2.24, 2.45) is 17.8 Å². The number of sulfonamides is 1. The predicted molar refractivity (Wildman–Crippen MR) is 94.5 cm³/mol. The van der Waals surface area contributed by atoms with Gasteiger partial charge in [0.2, 0.25) is 10.0 Å². The standard InChI is InChI=1S/C17H23ClN2O3S/c1-3-15(19-17(21)10-4-6-11(18)7-5-10)16-13-8-12(9-14(13)16)20-24(2,22)23/h4-7,12-16,20H,3,8-9H2,1-2H3,(H,19,21)/t12-,13-,14+,15?,16+. The van der Waals surface area contributed by atoms with Gasteiger partial charge in [0, 0.05) is 22.7 Å². The minimum absolute atomic E-state index is 0.0516. The molecule has 5 nitrogen and oxygen atoms in total. The molecule has 0 saturated heterocycles. The molecule has 0 aromatic heterocycles. The Bertz CT molecular complexity index is 708. The maximum absolute atomic E-state index is 12.4. The second kappa shape index (κ2) is 6.65. The van der Waals surface area contributed by atoms with Crippen molar-refractivity contribution in [2.45, 2.75) is 38.3 Å². The molecule has 0 bridgehead atoms. The highest BCUT2D eigenvalue weighted by molar-refractivity contribution is 7.88. The van der Waals surface area contributed by atoms with Gasteiger partial charge in [-0.15, -0.1) is 0 Å². The van der Waals surface area contributed by atoms with Crippen molar-refractivity contribution in [1.82, 2.24) is 10.0 Å². The van der Waals surface area contributed by atoms with Gasteiger partial charge in [-0.25, -0.2) is 13.1 Å². The average molecular weight is 371 g/mol. The van der Waals surface area contributed by atoms with Gasteiger partial charge in [0.1, 0.15) is 0 Å². The second-order valence-corrected chi connectivity index (χ2v) is 9.17. The summed E-state index contributed by atoms with van der Waals surface area (Å²) >= 11 is 5.85. The number of rotatable bonds is 6. The van der Waals surface area contributed by atoms with E-state index in [9.17, 15) is 13.2 Å². The van der Waals surface area contributed by atoms with Crippen LogP contribution in [0.15, 0.2) is 24.3 Å². The molecule has 0 spiro atoms. The molecule has 0 heterocycles. The second-order valence-electron chi connectivity index (χ2n) is 6.96. The van der Waals surface area contributed by atoms with Gasteiger partial charge in [-0.05, 0) is 61.3 Å². The molecule has 132 valence electrons. The molecule has 2 N–H and O–H groups in total. The molecule has 2 aliphatic rings. The van der Waals surface area contributed by atoms with Crippen LogP contribution in [0.3, 0.4) is 0 Å². The molecule has 1 aromatic carbocycles. The Morgan fingerprint density at radius 2 is 1.83 bits per heavy atom. The van der Waals surface area contributed by atoms with Crippen molar-refractivity contribution in [3.63, 3.8) is 0 Å². The fourth-order valence-corrected chi connectivity index (χ4v) is 5.13. The van der Waals surface area contributed by atoms with E-state index in [1.165, 1.54) is 6.26 Å². The van der Waals surface area contributed by atoms with Crippen LogP contribution in [0.5, 0.6) is 0 Å². The van der Waals surface area contributed by atoms with E-state index in [0.717, 1.165) is 19.3 Å². The summed E-state index contributed by atoms with van der Waals surface area (Å²) < 4.78 is 25.4. The Hall–Kier alpha value is -1.11. The number of amides is 1. The van der Waals surface area contributed by atoms with Crippen LogP contribution in [-0.2, 0) is 10.0 Å². The van der Waals surface area contributed by atoms with Crippen LogP contribution < -0.4 is 10.0 Å². The van der Waals surface area contributed by atoms with Crippen molar-refractivity contribution in [3.05, 3.63) is 34.9 Å². The highest BCUT2D eigenvalue weighted by Gasteiger charge is 2.58. The maximum atomic E-state index is 12.4. The summed E-state index contributed by atoms with van der Waals surface area (Å²) in [6.45, 7) is 2.08. The Balaban J connectivity index is 1.56. The van der Waals surface area contributed by atoms with Crippen LogP contribution in [0, 0.1) is 17.8 Å². The van der Waals surface area contributed by atoms with E-state index >= 15 is 0 Å². The lowest BCUT2D eigenvalue weighted by molar-refractivity contribution is 0.0927. The van der Waals surface area contributed by atoms with Crippen molar-refractivity contribution >= 4 is 27.5 Å². The lowest BCUT2D eigenvalue weighted by Crippen LogP contribution is -2.39. The van der Waals surface area contributed by atoms with Gasteiger partial charge in [0.25, 0.3) is 5.91 Å². The van der Waals surface area contributed by atoms with E-state index in [1.54, 1.807) is 24.3 Å². The molecule has 0 aliphatic heterocycles. The zero-order valence-electron chi connectivity index (χ0n) is 13.8. The van der Waals surface area contributed by atoms with Crippen LogP contribution in [0.25, 0.3) is 0 Å². The normalized spacial score (nSPS) is 29.8.